The Bertz CT molecular complexity index is 2640. The summed E-state index contributed by atoms with van der Waals surface area (Å²) < 4.78 is 2.38. The minimum atomic E-state index is -0.345. The van der Waals surface area contributed by atoms with Gasteiger partial charge < -0.3 is 9.47 Å². The van der Waals surface area contributed by atoms with Crippen LogP contribution in [-0.4, -0.2) is 10.6 Å². The third-order valence-electron chi connectivity index (χ3n) is 11.8. The van der Waals surface area contributed by atoms with E-state index in [9.17, 15) is 5.26 Å². The van der Waals surface area contributed by atoms with Gasteiger partial charge in [0.05, 0.1) is 34.5 Å². The van der Waals surface area contributed by atoms with E-state index < -0.39 is 0 Å². The summed E-state index contributed by atoms with van der Waals surface area (Å²) >= 11 is 0. The zero-order chi connectivity index (χ0) is 35.4. The van der Waals surface area contributed by atoms with E-state index in [1.807, 2.05) is 0 Å². The predicted octanol–water partition coefficient (Wildman–Crippen LogP) is 11.9. The van der Waals surface area contributed by atoms with Crippen LogP contribution in [0.25, 0.3) is 33.1 Å². The average molecular weight is 682 g/mol. The van der Waals surface area contributed by atoms with Crippen LogP contribution in [0.5, 0.6) is 0 Å². The number of aromatic nitrogens is 1. The van der Waals surface area contributed by atoms with Crippen molar-refractivity contribution in [1.29, 1.82) is 5.26 Å². The molecule has 10 rings (SSSR count). The van der Waals surface area contributed by atoms with E-state index in [-0.39, 0.29) is 17.4 Å². The Hall–Kier alpha value is -6.37. The maximum Gasteiger partial charge on any atom is 0.0700 e. The Balaban J connectivity index is 1.16. The second-order valence-corrected chi connectivity index (χ2v) is 14.6. The van der Waals surface area contributed by atoms with Gasteiger partial charge in [0.1, 0.15) is 0 Å². The molecule has 4 aliphatic rings. The Morgan fingerprint density at radius 1 is 0.755 bits per heavy atom. The van der Waals surface area contributed by atoms with Crippen LogP contribution in [-0.2, 0) is 5.41 Å². The van der Waals surface area contributed by atoms with Crippen molar-refractivity contribution in [3.05, 3.63) is 210 Å². The van der Waals surface area contributed by atoms with Crippen LogP contribution in [0.1, 0.15) is 42.4 Å². The van der Waals surface area contributed by atoms with Crippen molar-refractivity contribution < 1.29 is 0 Å². The van der Waals surface area contributed by atoms with E-state index in [2.05, 4.69) is 192 Å². The molecule has 0 radical (unpaired) electrons. The summed E-state index contributed by atoms with van der Waals surface area (Å²) in [6, 6.07) is 49.2. The van der Waals surface area contributed by atoms with Gasteiger partial charge >= 0.3 is 0 Å². The Labute approximate surface area is 311 Å². The molecule has 3 heteroatoms. The molecule has 0 N–H and O–H groups in total. The number of nitriles is 1. The molecule has 0 fully saturated rings. The van der Waals surface area contributed by atoms with Crippen molar-refractivity contribution in [2.45, 2.75) is 37.1 Å². The molecule has 0 amide bonds. The molecular weight excluding hydrogens is 643 g/mol. The summed E-state index contributed by atoms with van der Waals surface area (Å²) in [5.74, 6) is -0.107. The highest BCUT2D eigenvalue weighted by atomic mass is 15.2. The van der Waals surface area contributed by atoms with E-state index in [4.69, 9.17) is 0 Å². The molecular formula is C50H39N3. The fraction of sp³-hybridized carbons (Fsp3) is 0.140. The van der Waals surface area contributed by atoms with Crippen LogP contribution in [0.4, 0.5) is 5.69 Å². The zero-order valence-corrected chi connectivity index (χ0v) is 29.6. The molecule has 3 nitrogen and oxygen atoms in total. The van der Waals surface area contributed by atoms with E-state index >= 15 is 0 Å². The molecule has 5 aromatic carbocycles. The van der Waals surface area contributed by atoms with Crippen molar-refractivity contribution in [3.63, 3.8) is 0 Å². The molecule has 3 atom stereocenters. The summed E-state index contributed by atoms with van der Waals surface area (Å²) in [5.41, 5.74) is 13.9. The fourth-order valence-electron chi connectivity index (χ4n) is 9.55. The van der Waals surface area contributed by atoms with E-state index in [1.54, 1.807) is 0 Å². The highest BCUT2D eigenvalue weighted by Gasteiger charge is 2.49. The maximum absolute atomic E-state index is 9.80. The number of hydrogen-bond donors (Lipinski definition) is 0. The van der Waals surface area contributed by atoms with Crippen molar-refractivity contribution in [2.24, 2.45) is 5.92 Å². The normalized spacial score (nSPS) is 21.6. The predicted molar refractivity (Wildman–Crippen MR) is 219 cm³/mol. The van der Waals surface area contributed by atoms with Gasteiger partial charge in [-0.1, -0.05) is 139 Å². The average Bonchev–Trinajstić information content (AvgIpc) is 3.72. The molecule has 3 unspecified atom stereocenters. The number of nitrogens with zero attached hydrogens (tertiary/aromatic N) is 3. The second kappa shape index (κ2) is 12.7. The molecule has 0 aliphatic heterocycles. The number of hydrogen-bond acceptors (Lipinski definition) is 2. The number of fused-ring (bicyclic) bond motifs is 5. The van der Waals surface area contributed by atoms with Gasteiger partial charge in [0.25, 0.3) is 0 Å². The summed E-state index contributed by atoms with van der Waals surface area (Å²) in [6.45, 7) is 0. The molecule has 0 saturated heterocycles. The Kier molecular flexibility index (Phi) is 7.51. The second-order valence-electron chi connectivity index (χ2n) is 14.6. The van der Waals surface area contributed by atoms with Gasteiger partial charge in [-0.2, -0.15) is 5.26 Å². The standard InChI is InChI=1S/C50H39N3/c51-34-35-24-26-39(27-25-35)52(40-29-31-49-45(32-40)44-21-11-13-23-48(44)53(49)38-18-8-3-9-19-38)41-28-30-43-42-20-10-12-22-46(42)50(47(43)33-41,36-14-4-1-5-15-36)37-16-6-2-7-17-37/h1-6,8-16,18-24,26-32,35,41H,7,17,25,33H2. The van der Waals surface area contributed by atoms with Crippen LogP contribution >= 0.6 is 0 Å². The first-order chi connectivity index (χ1) is 26.3. The highest BCUT2D eigenvalue weighted by Crippen LogP contribution is 2.59. The molecule has 0 bridgehead atoms. The minimum absolute atomic E-state index is 0.0559. The molecule has 0 spiro atoms. The number of rotatable bonds is 6. The van der Waals surface area contributed by atoms with E-state index in [0.717, 1.165) is 36.3 Å². The van der Waals surface area contributed by atoms with Crippen LogP contribution < -0.4 is 4.90 Å². The third-order valence-corrected chi connectivity index (χ3v) is 11.8. The smallest absolute Gasteiger partial charge is 0.0700 e. The first-order valence-electron chi connectivity index (χ1n) is 18.8. The lowest BCUT2D eigenvalue weighted by atomic mass is 9.63. The molecule has 254 valence electrons. The van der Waals surface area contributed by atoms with Crippen molar-refractivity contribution in [1.82, 2.24) is 4.57 Å². The quantitative estimate of drug-likeness (QED) is 0.175. The summed E-state index contributed by atoms with van der Waals surface area (Å²) in [5, 5.41) is 12.3. The molecule has 6 aromatic rings. The van der Waals surface area contributed by atoms with Gasteiger partial charge in [0.15, 0.2) is 0 Å². The first-order valence-corrected chi connectivity index (χ1v) is 18.8. The van der Waals surface area contributed by atoms with Gasteiger partial charge in [0.2, 0.25) is 0 Å². The van der Waals surface area contributed by atoms with E-state index in [0.29, 0.717) is 6.42 Å². The molecule has 53 heavy (non-hydrogen) atoms. The van der Waals surface area contributed by atoms with Gasteiger partial charge in [-0.15, -0.1) is 0 Å². The highest BCUT2D eigenvalue weighted by molar-refractivity contribution is 6.10. The minimum Gasteiger partial charge on any atom is -0.334 e. The number of para-hydroxylation sites is 2. The summed E-state index contributed by atoms with van der Waals surface area (Å²) in [6.07, 6.45) is 22.0. The maximum atomic E-state index is 9.80. The number of benzene rings is 5. The third kappa shape index (κ3) is 4.86. The Morgan fingerprint density at radius 3 is 2.32 bits per heavy atom. The largest absolute Gasteiger partial charge is 0.334 e. The SMILES string of the molecule is N#CC1C=CC(N(c2ccc3c(c2)c2ccccc2n3-c2ccccc2)C2C=CC3=C(C2)C(C2=CC=CCC2)(c2ccccc2)c2ccccc23)=CC1. The topological polar surface area (TPSA) is 32.0 Å². The first kappa shape index (κ1) is 31.4. The molecule has 1 aromatic heterocycles. The lowest BCUT2D eigenvalue weighted by molar-refractivity contribution is 0.613. The molecule has 0 saturated carbocycles. The van der Waals surface area contributed by atoms with Crippen molar-refractivity contribution in [2.75, 3.05) is 4.90 Å². The van der Waals surface area contributed by atoms with Crippen molar-refractivity contribution in [3.8, 4) is 11.8 Å². The Morgan fingerprint density at radius 2 is 1.53 bits per heavy atom. The lowest BCUT2D eigenvalue weighted by Crippen LogP contribution is -2.39. The van der Waals surface area contributed by atoms with Gasteiger partial charge in [0, 0.05) is 27.8 Å². The van der Waals surface area contributed by atoms with E-state index in [1.165, 1.54) is 55.2 Å². The number of anilines is 1. The number of allylic oxidation sites excluding steroid dienone is 9. The lowest BCUT2D eigenvalue weighted by Gasteiger charge is -2.42. The molecule has 1 heterocycles. The zero-order valence-electron chi connectivity index (χ0n) is 29.6. The monoisotopic (exact) mass is 681 g/mol. The summed E-state index contributed by atoms with van der Waals surface area (Å²) in [4.78, 5) is 2.53. The summed E-state index contributed by atoms with van der Waals surface area (Å²) in [7, 11) is 0. The van der Waals surface area contributed by atoms with Gasteiger partial charge in [-0.05, 0) is 96.0 Å². The molecule has 4 aliphatic carbocycles. The fourth-order valence-corrected chi connectivity index (χ4v) is 9.55. The van der Waals surface area contributed by atoms with Crippen LogP contribution in [0.3, 0.4) is 0 Å². The van der Waals surface area contributed by atoms with Gasteiger partial charge in [-0.25, -0.2) is 0 Å². The van der Waals surface area contributed by atoms with Crippen LogP contribution in [0.2, 0.25) is 0 Å². The van der Waals surface area contributed by atoms with Crippen molar-refractivity contribution >= 4 is 33.1 Å². The van der Waals surface area contributed by atoms with Crippen LogP contribution in [0.15, 0.2) is 193 Å². The van der Waals surface area contributed by atoms with Crippen LogP contribution in [0, 0.1) is 17.2 Å². The van der Waals surface area contributed by atoms with Gasteiger partial charge in [-0.3, -0.25) is 0 Å².